The van der Waals surface area contributed by atoms with Gasteiger partial charge in [0, 0.05) is 37.8 Å². The van der Waals surface area contributed by atoms with Crippen LogP contribution in [0.5, 0.6) is 0 Å². The molecule has 0 radical (unpaired) electrons. The molecule has 0 bridgehead atoms. The molecule has 2 saturated heterocycles. The van der Waals surface area contributed by atoms with Gasteiger partial charge >= 0.3 is 6.18 Å². The lowest BCUT2D eigenvalue weighted by atomic mass is 9.73. The van der Waals surface area contributed by atoms with E-state index in [0.29, 0.717) is 43.2 Å². The molecular weight excluding hydrogens is 433 g/mol. The van der Waals surface area contributed by atoms with Gasteiger partial charge in [0.15, 0.2) is 5.65 Å². The third kappa shape index (κ3) is 3.71. The molecule has 12 heteroatoms. The Labute approximate surface area is 179 Å². The molecule has 32 heavy (non-hydrogen) atoms. The zero-order valence-corrected chi connectivity index (χ0v) is 16.9. The van der Waals surface area contributed by atoms with Gasteiger partial charge in [-0.25, -0.2) is 23.4 Å². The number of hydrogen-bond acceptors (Lipinski definition) is 6. The Kier molecular flexibility index (Phi) is 4.90. The van der Waals surface area contributed by atoms with Crippen molar-refractivity contribution >= 4 is 22.7 Å². The van der Waals surface area contributed by atoms with Crippen molar-refractivity contribution in [2.24, 2.45) is 5.41 Å². The number of halogens is 5. The van der Waals surface area contributed by atoms with E-state index in [0.717, 1.165) is 29.8 Å². The summed E-state index contributed by atoms with van der Waals surface area (Å²) < 4.78 is 67.1. The monoisotopic (exact) mass is 453 g/mol. The molecule has 0 unspecified atom stereocenters. The average molecular weight is 453 g/mol. The van der Waals surface area contributed by atoms with Crippen molar-refractivity contribution in [3.05, 3.63) is 36.4 Å². The van der Waals surface area contributed by atoms with E-state index in [4.69, 9.17) is 0 Å². The van der Waals surface area contributed by atoms with Crippen LogP contribution >= 0.6 is 0 Å². The maximum absolute atomic E-state index is 13.5. The molecule has 0 atom stereocenters. The van der Waals surface area contributed by atoms with Gasteiger partial charge in [0.1, 0.15) is 17.9 Å². The number of fused-ring (bicyclic) bond motifs is 1. The summed E-state index contributed by atoms with van der Waals surface area (Å²) in [5.74, 6) is 0.550. The van der Waals surface area contributed by atoms with Crippen LogP contribution in [-0.2, 0) is 12.7 Å². The summed E-state index contributed by atoms with van der Waals surface area (Å²) in [6.45, 7) is 1.67. The van der Waals surface area contributed by atoms with Crippen LogP contribution in [0.3, 0.4) is 0 Å². The van der Waals surface area contributed by atoms with Crippen molar-refractivity contribution in [2.75, 3.05) is 36.0 Å². The number of rotatable bonds is 4. The summed E-state index contributed by atoms with van der Waals surface area (Å²) in [5, 5.41) is 3.92. The average Bonchev–Trinajstić information content (AvgIpc) is 3.13. The van der Waals surface area contributed by atoms with Crippen molar-refractivity contribution in [3.8, 4) is 0 Å². The largest absolute Gasteiger partial charge is 0.418 e. The molecule has 3 aromatic rings. The molecule has 170 valence electrons. The van der Waals surface area contributed by atoms with Crippen LogP contribution in [0.1, 0.15) is 18.4 Å². The highest BCUT2D eigenvalue weighted by atomic mass is 19.4. The number of nitrogens with zero attached hydrogens (tertiary/aromatic N) is 7. The lowest BCUT2D eigenvalue weighted by Crippen LogP contribution is -2.63. The first kappa shape index (κ1) is 20.8. The zero-order valence-electron chi connectivity index (χ0n) is 16.9. The third-order valence-electron chi connectivity index (χ3n) is 6.13. The highest BCUT2D eigenvalue weighted by Crippen LogP contribution is 2.44. The first-order chi connectivity index (χ1) is 15.2. The van der Waals surface area contributed by atoms with E-state index in [2.05, 4.69) is 20.1 Å². The highest BCUT2D eigenvalue weighted by Gasteiger charge is 2.47. The molecule has 3 aromatic heterocycles. The maximum atomic E-state index is 13.5. The summed E-state index contributed by atoms with van der Waals surface area (Å²) in [6, 6.07) is 1.01. The van der Waals surface area contributed by atoms with Crippen LogP contribution in [0.2, 0.25) is 0 Å². The quantitative estimate of drug-likeness (QED) is 0.563. The molecule has 0 aromatic carbocycles. The topological polar surface area (TPSA) is 63.0 Å². The van der Waals surface area contributed by atoms with Crippen molar-refractivity contribution in [1.29, 1.82) is 0 Å². The van der Waals surface area contributed by atoms with Gasteiger partial charge in [-0.15, -0.1) is 0 Å². The molecule has 2 aliphatic rings. The molecule has 0 saturated carbocycles. The van der Waals surface area contributed by atoms with Crippen molar-refractivity contribution in [2.45, 2.75) is 32.0 Å². The van der Waals surface area contributed by atoms with Crippen molar-refractivity contribution in [3.63, 3.8) is 0 Å². The number of aromatic nitrogens is 5. The van der Waals surface area contributed by atoms with Gasteiger partial charge in [-0.2, -0.15) is 18.3 Å². The van der Waals surface area contributed by atoms with E-state index in [1.165, 1.54) is 12.4 Å². The Bertz CT molecular complexity index is 1120. The Morgan fingerprint density at radius 3 is 2.59 bits per heavy atom. The summed E-state index contributed by atoms with van der Waals surface area (Å²) in [7, 11) is 0. The predicted octanol–water partition coefficient (Wildman–Crippen LogP) is 3.61. The minimum absolute atomic E-state index is 0.106. The summed E-state index contributed by atoms with van der Waals surface area (Å²) >= 11 is 0. The minimum Gasteiger partial charge on any atom is -0.369 e. The van der Waals surface area contributed by atoms with Gasteiger partial charge in [0.25, 0.3) is 6.43 Å². The zero-order chi connectivity index (χ0) is 22.5. The third-order valence-corrected chi connectivity index (χ3v) is 6.13. The first-order valence-electron chi connectivity index (χ1n) is 10.2. The number of pyridine rings is 1. The lowest BCUT2D eigenvalue weighted by molar-refractivity contribution is -0.137. The molecule has 7 nitrogen and oxygen atoms in total. The molecule has 1 spiro atoms. The fourth-order valence-electron chi connectivity index (χ4n) is 4.73. The van der Waals surface area contributed by atoms with Gasteiger partial charge in [-0.05, 0) is 18.9 Å². The second kappa shape index (κ2) is 7.52. The second-order valence-electron chi connectivity index (χ2n) is 8.43. The Hall–Kier alpha value is -3.05. The predicted molar refractivity (Wildman–Crippen MR) is 107 cm³/mol. The summed E-state index contributed by atoms with van der Waals surface area (Å²) in [5.41, 5.74) is -0.0144. The minimum atomic E-state index is -4.44. The van der Waals surface area contributed by atoms with Gasteiger partial charge in [0.2, 0.25) is 0 Å². The van der Waals surface area contributed by atoms with Crippen LogP contribution in [0.25, 0.3) is 11.2 Å². The molecule has 0 N–H and O–H groups in total. The first-order valence-corrected chi connectivity index (χ1v) is 10.2. The van der Waals surface area contributed by atoms with Crippen LogP contribution in [0, 0.1) is 5.41 Å². The Morgan fingerprint density at radius 2 is 1.84 bits per heavy atom. The van der Waals surface area contributed by atoms with Crippen molar-refractivity contribution in [1.82, 2.24) is 24.7 Å². The standard InChI is InChI=1S/C20H20F5N7/c21-16(22)9-32-18-14(6-28-32)27-8-17(29-18)31-11-19(12-31)3-1-5-30(10-19)15-7-26-4-2-13(15)20(23,24)25/h2,4,6-8,16H,1,3,5,9-12H2. The number of piperidine rings is 1. The molecule has 2 aliphatic heterocycles. The van der Waals surface area contributed by atoms with Crippen LogP contribution in [0.4, 0.5) is 33.5 Å². The molecule has 2 fully saturated rings. The van der Waals surface area contributed by atoms with Gasteiger partial charge < -0.3 is 9.80 Å². The van der Waals surface area contributed by atoms with Crippen LogP contribution in [0.15, 0.2) is 30.9 Å². The van der Waals surface area contributed by atoms with E-state index < -0.39 is 24.7 Å². The van der Waals surface area contributed by atoms with E-state index in [-0.39, 0.29) is 11.1 Å². The highest BCUT2D eigenvalue weighted by molar-refractivity contribution is 5.71. The fourth-order valence-corrected chi connectivity index (χ4v) is 4.73. The van der Waals surface area contributed by atoms with Crippen molar-refractivity contribution < 1.29 is 22.0 Å². The number of alkyl halides is 5. The van der Waals surface area contributed by atoms with Gasteiger partial charge in [-0.1, -0.05) is 0 Å². The summed E-state index contributed by atoms with van der Waals surface area (Å²) in [4.78, 5) is 16.4. The fraction of sp³-hybridized carbons (Fsp3) is 0.500. The van der Waals surface area contributed by atoms with E-state index in [9.17, 15) is 22.0 Å². The normalized spacial score (nSPS) is 18.6. The van der Waals surface area contributed by atoms with E-state index >= 15 is 0 Å². The van der Waals surface area contributed by atoms with E-state index in [1.54, 1.807) is 11.1 Å². The molecule has 0 aliphatic carbocycles. The van der Waals surface area contributed by atoms with Gasteiger partial charge in [-0.3, -0.25) is 4.98 Å². The molecule has 0 amide bonds. The van der Waals surface area contributed by atoms with Gasteiger partial charge in [0.05, 0.1) is 29.8 Å². The molecule has 5 heterocycles. The maximum Gasteiger partial charge on any atom is 0.418 e. The molecular formula is C20H20F5N7. The number of anilines is 2. The SMILES string of the molecule is FC(F)Cn1ncc2ncc(N3CC4(CCCN(c5cnccc5C(F)(F)F)C4)C3)nc21. The van der Waals surface area contributed by atoms with Crippen LogP contribution in [-0.4, -0.2) is 57.3 Å². The molecule has 5 rings (SSSR count). The second-order valence-corrected chi connectivity index (χ2v) is 8.43. The Balaban J connectivity index is 1.34. The van der Waals surface area contributed by atoms with Crippen LogP contribution < -0.4 is 9.80 Å². The van der Waals surface area contributed by atoms with E-state index in [1.807, 2.05) is 4.90 Å². The lowest BCUT2D eigenvalue weighted by Gasteiger charge is -2.55. The number of hydrogen-bond donors (Lipinski definition) is 0. The Morgan fingerprint density at radius 1 is 1.06 bits per heavy atom. The summed E-state index contributed by atoms with van der Waals surface area (Å²) in [6.07, 6.45) is 0.0717. The smallest absolute Gasteiger partial charge is 0.369 e.